The minimum atomic E-state index is -4.81. The second-order valence-corrected chi connectivity index (χ2v) is 13.5. The van der Waals surface area contributed by atoms with Gasteiger partial charge in [-0.2, -0.15) is 0 Å². The average molecular weight is 664 g/mol. The van der Waals surface area contributed by atoms with Gasteiger partial charge >= 0.3 is 18.0 Å². The van der Waals surface area contributed by atoms with E-state index in [1.54, 1.807) is 30.7 Å². The molecule has 1 atom stereocenters. The molecule has 0 saturated heterocycles. The van der Waals surface area contributed by atoms with E-state index in [1.807, 2.05) is 13.8 Å². The van der Waals surface area contributed by atoms with Crippen LogP contribution in [0.2, 0.25) is 0 Å². The number of unbranched alkanes of at least 4 members (excludes halogenated alkanes) is 8. The minimum Gasteiger partial charge on any atom is -0.465 e. The van der Waals surface area contributed by atoms with Crippen LogP contribution in [0.15, 0.2) is 56.6 Å². The maximum Gasteiger partial charge on any atom is 0.573 e. The second-order valence-electron chi connectivity index (χ2n) is 13.5. The zero-order valence-corrected chi connectivity index (χ0v) is 27.8. The van der Waals surface area contributed by atoms with Crippen LogP contribution in [0.5, 0.6) is 5.75 Å². The van der Waals surface area contributed by atoms with Gasteiger partial charge in [0.15, 0.2) is 0 Å². The molecule has 0 aliphatic heterocycles. The molecule has 4 N–H and O–H groups in total. The Kier molecular flexibility index (Phi) is 13.2. The highest BCUT2D eigenvalue weighted by atomic mass is 19.4. The Bertz CT molecular complexity index is 1570. The number of ether oxygens (including phenoxy) is 2. The van der Waals surface area contributed by atoms with Crippen LogP contribution in [0.25, 0.3) is 22.1 Å². The van der Waals surface area contributed by atoms with E-state index in [2.05, 4.69) is 4.74 Å². The topological polar surface area (TPSA) is 140 Å². The molecule has 0 amide bonds. The fraction of sp³-hybridized carbons (Fsp3) is 0.571. The van der Waals surface area contributed by atoms with Gasteiger partial charge in [0, 0.05) is 35.8 Å². The number of aryl methyl sites for hydroxylation is 1. The van der Waals surface area contributed by atoms with Gasteiger partial charge < -0.3 is 29.9 Å². The molecule has 1 unspecified atom stereocenters. The number of benzene rings is 1. The Labute approximate surface area is 273 Å². The van der Waals surface area contributed by atoms with Gasteiger partial charge in [-0.05, 0) is 70.7 Å². The summed E-state index contributed by atoms with van der Waals surface area (Å²) in [6, 6.07) is 7.40. The minimum absolute atomic E-state index is 0.148. The Morgan fingerprint density at radius 3 is 2.04 bits per heavy atom. The van der Waals surface area contributed by atoms with Gasteiger partial charge in [0.1, 0.15) is 11.3 Å². The number of carbonyl (C=O) groups excluding carboxylic acids is 1. The molecule has 0 aliphatic carbocycles. The van der Waals surface area contributed by atoms with Gasteiger partial charge in [0.2, 0.25) is 0 Å². The average Bonchev–Trinajstić information content (AvgIpc) is 2.96. The lowest BCUT2D eigenvalue weighted by atomic mass is 9.79. The van der Waals surface area contributed by atoms with Gasteiger partial charge in [0.25, 0.3) is 5.56 Å². The predicted octanol–water partition coefficient (Wildman–Crippen LogP) is 7.06. The highest BCUT2D eigenvalue weighted by molar-refractivity contribution is 5.81. The van der Waals surface area contributed by atoms with Crippen molar-refractivity contribution in [1.82, 2.24) is 4.57 Å². The molecular formula is C35H48F3N3O6. The summed E-state index contributed by atoms with van der Waals surface area (Å²) in [6.07, 6.45) is 6.33. The maximum absolute atomic E-state index is 12.6. The van der Waals surface area contributed by atoms with Crippen LogP contribution in [0, 0.1) is 5.41 Å². The van der Waals surface area contributed by atoms with Gasteiger partial charge in [-0.15, -0.1) is 13.2 Å². The molecule has 3 rings (SSSR count). The molecule has 0 bridgehead atoms. The van der Waals surface area contributed by atoms with Crippen LogP contribution in [0.4, 0.5) is 13.2 Å². The largest absolute Gasteiger partial charge is 0.573 e. The van der Waals surface area contributed by atoms with E-state index in [1.165, 1.54) is 18.2 Å². The van der Waals surface area contributed by atoms with Gasteiger partial charge in [-0.3, -0.25) is 9.59 Å². The highest BCUT2D eigenvalue weighted by Gasteiger charge is 2.38. The number of carbonyl (C=O) groups is 1. The first-order chi connectivity index (χ1) is 22.0. The third kappa shape index (κ3) is 12.2. The van der Waals surface area contributed by atoms with Crippen LogP contribution >= 0.6 is 0 Å². The van der Waals surface area contributed by atoms with Crippen molar-refractivity contribution >= 4 is 16.9 Å². The predicted molar refractivity (Wildman–Crippen MR) is 176 cm³/mol. The van der Waals surface area contributed by atoms with Crippen LogP contribution < -0.4 is 27.4 Å². The summed E-state index contributed by atoms with van der Waals surface area (Å²) >= 11 is 0. The Hall–Kier alpha value is -3.64. The Balaban J connectivity index is 1.36. The number of hydrogen-bond donors (Lipinski definition) is 2. The molecule has 3 aromatic rings. The first-order valence-electron chi connectivity index (χ1n) is 16.2. The summed E-state index contributed by atoms with van der Waals surface area (Å²) in [4.78, 5) is 37.6. The summed E-state index contributed by atoms with van der Waals surface area (Å²) in [5.74, 6) is -0.686. The first-order valence-corrected chi connectivity index (χ1v) is 16.2. The fourth-order valence-electron chi connectivity index (χ4n) is 5.30. The number of aromatic nitrogens is 1. The molecule has 0 saturated carbocycles. The standard InChI is InChI=1S/C35H48F3N3O6/c1-33(2,40)22-29(39)34(3,4)32(44)45-19-13-11-9-7-5-6-8-10-12-18-41-23-25-20-27(31(43)46-28(25)21-30(41)42)24-14-16-26(17-15-24)47-35(36,37)38/h14-17,20-21,23,29H,5-13,18-19,22,39-40H2,1-4H3. The lowest BCUT2D eigenvalue weighted by Crippen LogP contribution is -2.50. The van der Waals surface area contributed by atoms with E-state index in [0.717, 1.165) is 69.9 Å². The van der Waals surface area contributed by atoms with Gasteiger partial charge in [-0.1, -0.05) is 57.1 Å². The van der Waals surface area contributed by atoms with Crippen molar-refractivity contribution in [3.63, 3.8) is 0 Å². The zero-order chi connectivity index (χ0) is 34.8. The smallest absolute Gasteiger partial charge is 0.465 e. The van der Waals surface area contributed by atoms with Crippen molar-refractivity contribution in [2.24, 2.45) is 16.9 Å². The third-order valence-electron chi connectivity index (χ3n) is 8.21. The van der Waals surface area contributed by atoms with E-state index in [4.69, 9.17) is 20.6 Å². The van der Waals surface area contributed by atoms with Crippen LogP contribution in [0.3, 0.4) is 0 Å². The number of fused-ring (bicyclic) bond motifs is 1. The molecule has 0 aliphatic rings. The number of rotatable bonds is 18. The van der Waals surface area contributed by atoms with Gasteiger partial charge in [-0.25, -0.2) is 4.79 Å². The number of alkyl halides is 3. The number of halogens is 3. The van der Waals surface area contributed by atoms with Gasteiger partial charge in [0.05, 0.1) is 17.6 Å². The van der Waals surface area contributed by atoms with E-state index < -0.39 is 28.7 Å². The van der Waals surface area contributed by atoms with E-state index >= 15 is 0 Å². The van der Waals surface area contributed by atoms with Crippen LogP contribution in [-0.2, 0) is 16.1 Å². The summed E-state index contributed by atoms with van der Waals surface area (Å²) in [5.41, 5.74) is 10.7. The quantitative estimate of drug-likeness (QED) is 0.109. The van der Waals surface area contributed by atoms with Crippen molar-refractivity contribution in [1.29, 1.82) is 0 Å². The molecule has 0 fully saturated rings. The van der Waals surface area contributed by atoms with E-state index in [-0.39, 0.29) is 28.7 Å². The summed E-state index contributed by atoms with van der Waals surface area (Å²) in [6.45, 7) is 8.28. The van der Waals surface area contributed by atoms with Crippen LogP contribution in [-0.4, -0.2) is 35.1 Å². The Morgan fingerprint density at radius 1 is 0.894 bits per heavy atom. The second kappa shape index (κ2) is 16.5. The number of esters is 1. The van der Waals surface area contributed by atoms with Crippen molar-refractivity contribution < 1.29 is 31.9 Å². The number of hydrogen-bond acceptors (Lipinski definition) is 8. The molecule has 2 heterocycles. The summed E-state index contributed by atoms with van der Waals surface area (Å²) in [5, 5.41) is 0.535. The van der Waals surface area contributed by atoms with E-state index in [0.29, 0.717) is 30.5 Å². The van der Waals surface area contributed by atoms with Crippen molar-refractivity contribution in [3.05, 3.63) is 63.4 Å². The molecule has 2 aromatic heterocycles. The van der Waals surface area contributed by atoms with Crippen molar-refractivity contribution in [2.45, 2.75) is 116 Å². The molecular weight excluding hydrogens is 615 g/mol. The lowest BCUT2D eigenvalue weighted by molar-refractivity contribution is -0.274. The molecule has 9 nitrogen and oxygen atoms in total. The Morgan fingerprint density at radius 2 is 1.47 bits per heavy atom. The summed E-state index contributed by atoms with van der Waals surface area (Å²) in [7, 11) is 0. The number of pyridine rings is 1. The fourth-order valence-corrected chi connectivity index (χ4v) is 5.30. The first kappa shape index (κ1) is 37.8. The monoisotopic (exact) mass is 663 g/mol. The third-order valence-corrected chi connectivity index (χ3v) is 8.21. The normalized spacial score (nSPS) is 13.1. The summed E-state index contributed by atoms with van der Waals surface area (Å²) < 4.78 is 53.7. The molecule has 260 valence electrons. The SMILES string of the molecule is CC(C)(N)CC(N)C(C)(C)C(=O)OCCCCCCCCCCCn1cc2cc(-c3ccc(OC(F)(F)F)cc3)c(=O)oc2cc1=O. The number of nitrogens with zero attached hydrogens (tertiary/aromatic N) is 1. The van der Waals surface area contributed by atoms with Crippen molar-refractivity contribution in [2.75, 3.05) is 6.61 Å². The molecule has 0 radical (unpaired) electrons. The molecule has 12 heteroatoms. The highest BCUT2D eigenvalue weighted by Crippen LogP contribution is 2.28. The lowest BCUT2D eigenvalue weighted by Gasteiger charge is -2.33. The molecule has 0 spiro atoms. The van der Waals surface area contributed by atoms with Crippen molar-refractivity contribution in [3.8, 4) is 16.9 Å². The zero-order valence-electron chi connectivity index (χ0n) is 27.8. The van der Waals surface area contributed by atoms with E-state index in [9.17, 15) is 27.6 Å². The molecule has 47 heavy (non-hydrogen) atoms. The van der Waals surface area contributed by atoms with Crippen LogP contribution in [0.1, 0.15) is 91.9 Å². The maximum atomic E-state index is 12.6. The molecule has 1 aromatic carbocycles. The number of nitrogens with two attached hydrogens (primary N) is 2.